The molecule has 1 aromatic heterocycles. The third-order valence-electron chi connectivity index (χ3n) is 4.02. The van der Waals surface area contributed by atoms with Crippen molar-refractivity contribution in [2.45, 2.75) is 45.2 Å². The van der Waals surface area contributed by atoms with Crippen LogP contribution in [-0.4, -0.2) is 33.0 Å². The van der Waals surface area contributed by atoms with Crippen LogP contribution in [0.4, 0.5) is 5.82 Å². The normalized spacial score (nSPS) is 21.0. The number of nitro groups is 1. The van der Waals surface area contributed by atoms with E-state index in [4.69, 9.17) is 5.73 Å². The lowest BCUT2D eigenvalue weighted by Gasteiger charge is -2.31. The smallest absolute Gasteiger partial charge is 0.358 e. The van der Waals surface area contributed by atoms with Crippen LogP contribution in [-0.2, 0) is 11.3 Å². The maximum atomic E-state index is 12.1. The highest BCUT2D eigenvalue weighted by atomic mass is 35.5. The summed E-state index contributed by atoms with van der Waals surface area (Å²) in [7, 11) is 0. The third kappa shape index (κ3) is 4.41. The summed E-state index contributed by atoms with van der Waals surface area (Å²) in [5.74, 6) is 0.380. The summed E-state index contributed by atoms with van der Waals surface area (Å²) < 4.78 is 1.49. The molecular weight excluding hydrogens is 310 g/mol. The number of imidazole rings is 1. The molecule has 0 aromatic carbocycles. The largest absolute Gasteiger partial charge is 0.381 e. The Morgan fingerprint density at radius 3 is 2.82 bits per heavy atom. The van der Waals surface area contributed by atoms with E-state index in [0.29, 0.717) is 18.3 Å². The summed E-state index contributed by atoms with van der Waals surface area (Å²) in [6.07, 6.45) is 5.52. The quantitative estimate of drug-likeness (QED) is 0.620. The first kappa shape index (κ1) is 18.4. The molecule has 0 radical (unpaired) electrons. The summed E-state index contributed by atoms with van der Waals surface area (Å²) in [4.78, 5) is 26.0. The van der Waals surface area contributed by atoms with Crippen molar-refractivity contribution in [2.75, 3.05) is 6.54 Å². The average molecular weight is 332 g/mol. The van der Waals surface area contributed by atoms with Crippen LogP contribution in [0.1, 0.15) is 31.5 Å². The van der Waals surface area contributed by atoms with Gasteiger partial charge in [-0.2, -0.15) is 0 Å². The highest BCUT2D eigenvalue weighted by molar-refractivity contribution is 5.85. The molecule has 22 heavy (non-hydrogen) atoms. The van der Waals surface area contributed by atoms with Crippen LogP contribution in [0.25, 0.3) is 0 Å². The van der Waals surface area contributed by atoms with Gasteiger partial charge in [0.05, 0.1) is 0 Å². The molecule has 0 saturated heterocycles. The van der Waals surface area contributed by atoms with Crippen molar-refractivity contribution in [1.82, 2.24) is 14.9 Å². The zero-order valence-electron chi connectivity index (χ0n) is 12.5. The van der Waals surface area contributed by atoms with Crippen LogP contribution < -0.4 is 11.1 Å². The molecule has 2 atom stereocenters. The molecule has 1 aliphatic rings. The topological polar surface area (TPSA) is 116 Å². The van der Waals surface area contributed by atoms with Gasteiger partial charge in [-0.3, -0.25) is 9.36 Å². The second-order valence-electron chi connectivity index (χ2n) is 5.49. The number of nitrogens with one attached hydrogen (secondary N) is 1. The van der Waals surface area contributed by atoms with Gasteiger partial charge in [-0.25, -0.2) is 0 Å². The zero-order valence-corrected chi connectivity index (χ0v) is 13.3. The molecule has 2 unspecified atom stereocenters. The number of carbonyl (C=O) groups is 1. The van der Waals surface area contributed by atoms with Crippen molar-refractivity contribution < 1.29 is 9.72 Å². The second kappa shape index (κ2) is 8.09. The number of aryl methyl sites for hydroxylation is 1. The van der Waals surface area contributed by atoms with Crippen molar-refractivity contribution in [1.29, 1.82) is 0 Å². The molecule has 1 saturated carbocycles. The average Bonchev–Trinajstić information content (AvgIpc) is 2.81. The number of hydrogen-bond acceptors (Lipinski definition) is 5. The minimum atomic E-state index is -0.563. The molecule has 1 aliphatic carbocycles. The first-order chi connectivity index (χ1) is 10.0. The number of hydrogen-bond donors (Lipinski definition) is 2. The summed E-state index contributed by atoms with van der Waals surface area (Å²) >= 11 is 0. The van der Waals surface area contributed by atoms with Gasteiger partial charge in [0.25, 0.3) is 0 Å². The van der Waals surface area contributed by atoms with Gasteiger partial charge in [0, 0.05) is 13.0 Å². The Kier molecular flexibility index (Phi) is 6.76. The molecule has 0 bridgehead atoms. The maximum absolute atomic E-state index is 12.1. The number of carbonyl (C=O) groups excluding carboxylic acids is 1. The minimum absolute atomic E-state index is 0. The highest BCUT2D eigenvalue weighted by Crippen LogP contribution is 2.23. The van der Waals surface area contributed by atoms with Crippen LogP contribution >= 0.6 is 12.4 Å². The Balaban J connectivity index is 0.00000242. The lowest BCUT2D eigenvalue weighted by atomic mass is 9.84. The van der Waals surface area contributed by atoms with Crippen molar-refractivity contribution >= 4 is 24.1 Å². The Morgan fingerprint density at radius 1 is 1.55 bits per heavy atom. The Morgan fingerprint density at radius 2 is 2.23 bits per heavy atom. The second-order valence-corrected chi connectivity index (χ2v) is 5.49. The van der Waals surface area contributed by atoms with E-state index in [9.17, 15) is 14.9 Å². The fourth-order valence-corrected chi connectivity index (χ4v) is 2.83. The fourth-order valence-electron chi connectivity index (χ4n) is 2.83. The molecular formula is C13H22ClN5O3. The molecule has 1 fully saturated rings. The first-order valence-corrected chi connectivity index (χ1v) is 7.19. The van der Waals surface area contributed by atoms with Crippen molar-refractivity contribution in [3.05, 3.63) is 22.1 Å². The number of rotatable bonds is 5. The van der Waals surface area contributed by atoms with E-state index < -0.39 is 4.92 Å². The van der Waals surface area contributed by atoms with E-state index in [-0.39, 0.29) is 36.7 Å². The number of amides is 1. The van der Waals surface area contributed by atoms with Crippen molar-refractivity contribution in [3.63, 3.8) is 0 Å². The summed E-state index contributed by atoms with van der Waals surface area (Å²) in [6, 6.07) is 0.107. The van der Waals surface area contributed by atoms with Crippen molar-refractivity contribution in [3.8, 4) is 0 Å². The molecule has 2 rings (SSSR count). The van der Waals surface area contributed by atoms with E-state index in [1.54, 1.807) is 6.92 Å². The van der Waals surface area contributed by atoms with E-state index in [0.717, 1.165) is 25.7 Å². The van der Waals surface area contributed by atoms with E-state index in [2.05, 4.69) is 10.3 Å². The Hall–Kier alpha value is -1.67. The maximum Gasteiger partial charge on any atom is 0.381 e. The molecule has 1 heterocycles. The standard InChI is InChI=1S/C13H21N5O3.ClH/c1-9-15-12(18(20)21)7-17(9)8-13(19)16-11-5-3-2-4-10(11)6-14;/h7,10-11H,2-6,8,14H2,1H3,(H,16,19);1H. The Bertz CT molecular complexity index is 534. The molecule has 1 amide bonds. The van der Waals surface area contributed by atoms with Gasteiger partial charge in [-0.05, 0) is 35.2 Å². The lowest BCUT2D eigenvalue weighted by Crippen LogP contribution is -2.45. The number of halogens is 1. The van der Waals surface area contributed by atoms with Gasteiger partial charge in [-0.1, -0.05) is 12.8 Å². The van der Waals surface area contributed by atoms with Crippen LogP contribution in [0.2, 0.25) is 0 Å². The molecule has 0 aliphatic heterocycles. The monoisotopic (exact) mass is 331 g/mol. The number of nitrogens with two attached hydrogens (primary N) is 1. The summed E-state index contributed by atoms with van der Waals surface area (Å²) in [5.41, 5.74) is 5.74. The minimum Gasteiger partial charge on any atom is -0.358 e. The number of nitrogens with zero attached hydrogens (tertiary/aromatic N) is 3. The lowest BCUT2D eigenvalue weighted by molar-refractivity contribution is -0.389. The zero-order chi connectivity index (χ0) is 15.4. The summed E-state index contributed by atoms with van der Waals surface area (Å²) in [5, 5.41) is 13.7. The molecule has 9 heteroatoms. The van der Waals surface area contributed by atoms with E-state index >= 15 is 0 Å². The molecule has 0 spiro atoms. The van der Waals surface area contributed by atoms with Crippen molar-refractivity contribution in [2.24, 2.45) is 11.7 Å². The van der Waals surface area contributed by atoms with E-state index in [1.165, 1.54) is 10.8 Å². The van der Waals surface area contributed by atoms with Gasteiger partial charge >= 0.3 is 5.82 Å². The molecule has 3 N–H and O–H groups in total. The number of aromatic nitrogens is 2. The first-order valence-electron chi connectivity index (χ1n) is 7.19. The van der Waals surface area contributed by atoms with Gasteiger partial charge in [0.2, 0.25) is 11.7 Å². The van der Waals surface area contributed by atoms with Gasteiger partial charge in [0.15, 0.2) is 0 Å². The SMILES string of the molecule is Cc1nc([N+](=O)[O-])cn1CC(=O)NC1CCCCC1CN.Cl. The van der Waals surface area contributed by atoms with Crippen LogP contribution in [0, 0.1) is 23.0 Å². The van der Waals surface area contributed by atoms with Crippen LogP contribution in [0.3, 0.4) is 0 Å². The predicted octanol–water partition coefficient (Wildman–Crippen LogP) is 1.16. The van der Waals surface area contributed by atoms with E-state index in [1.807, 2.05) is 0 Å². The molecule has 1 aromatic rings. The fraction of sp³-hybridized carbons (Fsp3) is 0.692. The van der Waals surface area contributed by atoms with Crippen LogP contribution in [0.15, 0.2) is 6.20 Å². The summed E-state index contributed by atoms with van der Waals surface area (Å²) in [6.45, 7) is 2.25. The van der Waals surface area contributed by atoms with Gasteiger partial charge < -0.3 is 21.2 Å². The van der Waals surface area contributed by atoms with Gasteiger partial charge in [0.1, 0.15) is 12.7 Å². The third-order valence-corrected chi connectivity index (χ3v) is 4.02. The highest BCUT2D eigenvalue weighted by Gasteiger charge is 2.26. The Labute approximate surface area is 135 Å². The molecule has 8 nitrogen and oxygen atoms in total. The molecule has 124 valence electrons. The van der Waals surface area contributed by atoms with Gasteiger partial charge in [-0.15, -0.1) is 12.4 Å². The predicted molar refractivity (Wildman–Crippen MR) is 83.8 cm³/mol. The van der Waals surface area contributed by atoms with Crippen LogP contribution in [0.5, 0.6) is 0 Å².